The molecule has 1 aliphatic heterocycles. The fourth-order valence-electron chi connectivity index (χ4n) is 5.31. The van der Waals surface area contributed by atoms with Crippen molar-refractivity contribution in [2.45, 2.75) is 13.3 Å². The van der Waals surface area contributed by atoms with Crippen LogP contribution in [0.15, 0.2) is 66.2 Å². The predicted octanol–water partition coefficient (Wildman–Crippen LogP) is 2.01. The first-order chi connectivity index (χ1) is 16.8. The smallest absolute Gasteiger partial charge is 0.338 e. The molecule has 3 aliphatic rings. The Hall–Kier alpha value is -4.27. The van der Waals surface area contributed by atoms with Gasteiger partial charge in [-0.3, -0.25) is 34.9 Å². The van der Waals surface area contributed by atoms with Crippen LogP contribution in [0.1, 0.15) is 34.1 Å². The largest absolute Gasteiger partial charge is 0.452 e. The van der Waals surface area contributed by atoms with E-state index in [4.69, 9.17) is 4.74 Å². The van der Waals surface area contributed by atoms with E-state index in [-0.39, 0.29) is 41.0 Å². The lowest BCUT2D eigenvalue weighted by Gasteiger charge is -2.19. The van der Waals surface area contributed by atoms with E-state index < -0.39 is 24.4 Å². The third-order valence-electron chi connectivity index (χ3n) is 6.93. The van der Waals surface area contributed by atoms with E-state index in [1.54, 1.807) is 30.3 Å². The van der Waals surface area contributed by atoms with Crippen molar-refractivity contribution in [2.24, 2.45) is 23.7 Å². The molecule has 0 spiro atoms. The van der Waals surface area contributed by atoms with Gasteiger partial charge in [0.05, 0.1) is 23.1 Å². The number of carbonyl (C=O) groups is 5. The lowest BCUT2D eigenvalue weighted by Crippen LogP contribution is -2.43. The fraction of sp³-hybridized carbons (Fsp3) is 0.269. The minimum atomic E-state index is -0.755. The van der Waals surface area contributed by atoms with Gasteiger partial charge in [0, 0.05) is 5.56 Å². The summed E-state index contributed by atoms with van der Waals surface area (Å²) in [5.74, 6) is -2.72. The van der Waals surface area contributed by atoms with Gasteiger partial charge in [-0.05, 0) is 61.6 Å². The van der Waals surface area contributed by atoms with Crippen molar-refractivity contribution in [3.63, 3.8) is 0 Å². The van der Waals surface area contributed by atoms with Crippen LogP contribution in [-0.2, 0) is 19.1 Å². The molecule has 5 rings (SSSR count). The van der Waals surface area contributed by atoms with E-state index >= 15 is 0 Å². The van der Waals surface area contributed by atoms with Crippen LogP contribution in [0.2, 0.25) is 0 Å². The molecule has 1 saturated carbocycles. The average molecular weight is 473 g/mol. The summed E-state index contributed by atoms with van der Waals surface area (Å²) < 4.78 is 4.99. The lowest BCUT2D eigenvalue weighted by molar-refractivity contribution is -0.125. The van der Waals surface area contributed by atoms with Crippen LogP contribution < -0.4 is 15.8 Å². The zero-order valence-electron chi connectivity index (χ0n) is 18.9. The van der Waals surface area contributed by atoms with Crippen molar-refractivity contribution in [3.05, 3.63) is 77.4 Å². The third kappa shape index (κ3) is 3.99. The van der Waals surface area contributed by atoms with E-state index in [9.17, 15) is 24.0 Å². The number of nitrogens with zero attached hydrogens (tertiary/aromatic N) is 1. The van der Waals surface area contributed by atoms with Gasteiger partial charge in [-0.25, -0.2) is 4.79 Å². The number of carbonyl (C=O) groups excluding carboxylic acids is 5. The molecule has 2 aliphatic carbocycles. The molecule has 9 heteroatoms. The van der Waals surface area contributed by atoms with Gasteiger partial charge in [0.2, 0.25) is 11.8 Å². The maximum atomic E-state index is 13.0. The SMILES string of the molecule is CC1=C[C@H]2C[C@H]1[C@H]1C(=O)N(c3ccc(C(=O)OCC(=O)NNC(=O)c4ccccc4)cc3)C(=O)[C@H]12. The second kappa shape index (κ2) is 8.83. The highest BCUT2D eigenvalue weighted by Crippen LogP contribution is 2.55. The van der Waals surface area contributed by atoms with Gasteiger partial charge >= 0.3 is 5.97 Å². The molecule has 0 radical (unpaired) electrons. The van der Waals surface area contributed by atoms with E-state index in [1.807, 2.05) is 6.92 Å². The van der Waals surface area contributed by atoms with E-state index in [0.29, 0.717) is 11.3 Å². The van der Waals surface area contributed by atoms with Crippen molar-refractivity contribution in [2.75, 3.05) is 11.5 Å². The topological polar surface area (TPSA) is 122 Å². The third-order valence-corrected chi connectivity index (χ3v) is 6.93. The fourth-order valence-corrected chi connectivity index (χ4v) is 5.31. The number of hydrazine groups is 1. The van der Waals surface area contributed by atoms with E-state index in [1.165, 1.54) is 34.7 Å². The van der Waals surface area contributed by atoms with E-state index in [2.05, 4.69) is 16.9 Å². The number of nitrogens with one attached hydrogen (secondary N) is 2. The molecule has 178 valence electrons. The first-order valence-electron chi connectivity index (χ1n) is 11.3. The van der Waals surface area contributed by atoms with Gasteiger partial charge < -0.3 is 4.74 Å². The van der Waals surface area contributed by atoms with E-state index in [0.717, 1.165) is 6.42 Å². The normalized spacial score (nSPS) is 24.1. The van der Waals surface area contributed by atoms with Crippen LogP contribution in [-0.4, -0.2) is 36.2 Å². The Bertz CT molecular complexity index is 1250. The number of esters is 1. The standard InChI is InChI=1S/C26H23N3O6/c1-14-11-17-12-19(14)22-21(17)24(32)29(25(22)33)18-9-7-16(8-10-18)26(34)35-13-20(30)27-28-23(31)15-5-3-2-4-6-15/h2-11,17,19,21-22H,12-13H2,1H3,(H,27,30)(H,28,31)/t17-,19+,21-,22+/m0/s1. The van der Waals surface area contributed by atoms with Crippen LogP contribution in [0.25, 0.3) is 0 Å². The summed E-state index contributed by atoms with van der Waals surface area (Å²) in [4.78, 5) is 63.4. The first-order valence-corrected chi connectivity index (χ1v) is 11.3. The van der Waals surface area contributed by atoms with Gasteiger partial charge in [0.15, 0.2) is 6.61 Å². The maximum absolute atomic E-state index is 13.0. The maximum Gasteiger partial charge on any atom is 0.338 e. The summed E-state index contributed by atoms with van der Waals surface area (Å²) in [5.41, 5.74) is 6.52. The zero-order valence-corrected chi connectivity index (χ0v) is 18.9. The molecule has 4 amide bonds. The second-order valence-corrected chi connectivity index (χ2v) is 8.97. The monoisotopic (exact) mass is 473 g/mol. The van der Waals surface area contributed by atoms with Gasteiger partial charge in [0.1, 0.15) is 0 Å². The quantitative estimate of drug-likeness (QED) is 0.297. The molecule has 1 heterocycles. The van der Waals surface area contributed by atoms with Crippen LogP contribution in [0, 0.1) is 23.7 Å². The summed E-state index contributed by atoms with van der Waals surface area (Å²) in [6.45, 7) is 1.41. The van der Waals surface area contributed by atoms with Gasteiger partial charge in [-0.2, -0.15) is 0 Å². The molecule has 1 saturated heterocycles. The summed E-state index contributed by atoms with van der Waals surface area (Å²) in [5, 5.41) is 0. The van der Waals surface area contributed by atoms with Crippen molar-refractivity contribution >= 4 is 35.3 Å². The Morgan fingerprint density at radius 2 is 1.60 bits per heavy atom. The molecule has 0 unspecified atom stereocenters. The summed E-state index contributed by atoms with van der Waals surface area (Å²) in [7, 11) is 0. The number of imide groups is 1. The van der Waals surface area contributed by atoms with Crippen LogP contribution >= 0.6 is 0 Å². The Balaban J connectivity index is 1.15. The Labute approximate surface area is 201 Å². The molecule has 2 aromatic carbocycles. The average Bonchev–Trinajstić information content (AvgIpc) is 3.51. The Morgan fingerprint density at radius 1 is 0.914 bits per heavy atom. The number of anilines is 1. The van der Waals surface area contributed by atoms with Gasteiger partial charge in [-0.15, -0.1) is 0 Å². The molecule has 2 aromatic rings. The van der Waals surface area contributed by atoms with Crippen molar-refractivity contribution in [1.29, 1.82) is 0 Å². The number of rotatable bonds is 5. The highest BCUT2D eigenvalue weighted by atomic mass is 16.5. The van der Waals surface area contributed by atoms with Crippen LogP contribution in [0.5, 0.6) is 0 Å². The summed E-state index contributed by atoms with van der Waals surface area (Å²) >= 11 is 0. The van der Waals surface area contributed by atoms with Gasteiger partial charge in [-0.1, -0.05) is 29.8 Å². The molecule has 2 N–H and O–H groups in total. The van der Waals surface area contributed by atoms with Gasteiger partial charge in [0.25, 0.3) is 11.8 Å². The zero-order chi connectivity index (χ0) is 24.7. The highest BCUT2D eigenvalue weighted by molar-refractivity contribution is 6.23. The molecule has 4 atom stereocenters. The van der Waals surface area contributed by atoms with Crippen molar-refractivity contribution < 1.29 is 28.7 Å². The van der Waals surface area contributed by atoms with Crippen LogP contribution in [0.3, 0.4) is 0 Å². The Morgan fingerprint density at radius 3 is 2.31 bits per heavy atom. The number of fused-ring (bicyclic) bond motifs is 5. The molecule has 9 nitrogen and oxygen atoms in total. The first kappa shape index (κ1) is 22.5. The Kier molecular flexibility index (Phi) is 5.68. The van der Waals surface area contributed by atoms with Crippen molar-refractivity contribution in [3.8, 4) is 0 Å². The molecule has 2 fully saturated rings. The molecular formula is C26H23N3O6. The number of hydrogen-bond donors (Lipinski definition) is 2. The number of amides is 4. The molecule has 2 bridgehead atoms. The predicted molar refractivity (Wildman–Crippen MR) is 124 cm³/mol. The second-order valence-electron chi connectivity index (χ2n) is 8.97. The number of allylic oxidation sites excluding steroid dienone is 2. The minimum absolute atomic E-state index is 0.115. The lowest BCUT2D eigenvalue weighted by atomic mass is 9.82. The molecular weight excluding hydrogens is 450 g/mol. The number of benzene rings is 2. The molecule has 0 aromatic heterocycles. The highest BCUT2D eigenvalue weighted by Gasteiger charge is 2.60. The summed E-state index contributed by atoms with van der Waals surface area (Å²) in [6.07, 6.45) is 2.98. The van der Waals surface area contributed by atoms with Crippen molar-refractivity contribution in [1.82, 2.24) is 10.9 Å². The molecule has 35 heavy (non-hydrogen) atoms. The minimum Gasteiger partial charge on any atom is -0.452 e. The van der Waals surface area contributed by atoms with Crippen LogP contribution in [0.4, 0.5) is 5.69 Å². The summed E-state index contributed by atoms with van der Waals surface area (Å²) in [6, 6.07) is 14.2. The number of hydrogen-bond acceptors (Lipinski definition) is 6. The number of ether oxygens (including phenoxy) is 1.